The van der Waals surface area contributed by atoms with Crippen LogP contribution in [0.3, 0.4) is 0 Å². The van der Waals surface area contributed by atoms with Crippen molar-refractivity contribution in [2.45, 2.75) is 47.0 Å². The van der Waals surface area contributed by atoms with Crippen molar-refractivity contribution in [3.8, 4) is 0 Å². The van der Waals surface area contributed by atoms with Crippen LogP contribution in [0.15, 0.2) is 29.4 Å². The Morgan fingerprint density at radius 1 is 1.23 bits per heavy atom. The molecule has 0 saturated heterocycles. The second kappa shape index (κ2) is 11.7. The molecule has 2 N–H and O–H groups in total. The van der Waals surface area contributed by atoms with Gasteiger partial charge in [0.25, 0.3) is 0 Å². The van der Waals surface area contributed by atoms with Gasteiger partial charge in [0.1, 0.15) is 0 Å². The normalized spacial score (nSPS) is 11.7. The van der Waals surface area contributed by atoms with Crippen molar-refractivity contribution >= 4 is 29.9 Å². The summed E-state index contributed by atoms with van der Waals surface area (Å²) in [7, 11) is 0. The summed E-state index contributed by atoms with van der Waals surface area (Å²) in [6.45, 7) is 11.5. The lowest BCUT2D eigenvalue weighted by atomic mass is 9.91. The predicted octanol–water partition coefficient (Wildman–Crippen LogP) is 3.62. The van der Waals surface area contributed by atoms with Crippen LogP contribution in [-0.2, 0) is 6.42 Å². The lowest BCUT2D eigenvalue weighted by Gasteiger charge is -2.17. The molecule has 0 aliphatic heterocycles. The van der Waals surface area contributed by atoms with Gasteiger partial charge in [0.2, 0.25) is 0 Å². The number of aromatic nitrogens is 1. The molecule has 1 rings (SSSR count). The van der Waals surface area contributed by atoms with Crippen molar-refractivity contribution in [1.29, 1.82) is 0 Å². The SMILES string of the molecule is CCNC(=NCCCC(C)(C)C)NCCc1ccccn1.I. The summed E-state index contributed by atoms with van der Waals surface area (Å²) in [4.78, 5) is 8.95. The fourth-order valence-corrected chi connectivity index (χ4v) is 2.00. The maximum absolute atomic E-state index is 4.62. The van der Waals surface area contributed by atoms with Crippen molar-refractivity contribution in [2.24, 2.45) is 10.4 Å². The molecule has 1 aromatic rings. The minimum Gasteiger partial charge on any atom is -0.357 e. The third-order valence-corrected chi connectivity index (χ3v) is 3.10. The van der Waals surface area contributed by atoms with Crippen molar-refractivity contribution in [1.82, 2.24) is 15.6 Å². The Balaban J connectivity index is 0.00000441. The van der Waals surface area contributed by atoms with Gasteiger partial charge in [-0.3, -0.25) is 9.98 Å². The van der Waals surface area contributed by atoms with Crippen LogP contribution in [-0.4, -0.2) is 30.6 Å². The van der Waals surface area contributed by atoms with Gasteiger partial charge in [-0.15, -0.1) is 24.0 Å². The first-order chi connectivity index (χ1) is 10.0. The van der Waals surface area contributed by atoms with Crippen LogP contribution < -0.4 is 10.6 Å². The molecule has 0 spiro atoms. The van der Waals surface area contributed by atoms with Crippen molar-refractivity contribution in [2.75, 3.05) is 19.6 Å². The third kappa shape index (κ3) is 10.8. The highest BCUT2D eigenvalue weighted by molar-refractivity contribution is 14.0. The van der Waals surface area contributed by atoms with Gasteiger partial charge in [-0.05, 0) is 37.3 Å². The van der Waals surface area contributed by atoms with Gasteiger partial charge in [-0.1, -0.05) is 26.8 Å². The van der Waals surface area contributed by atoms with Crippen LogP contribution >= 0.6 is 24.0 Å². The molecule has 0 atom stereocenters. The van der Waals surface area contributed by atoms with Crippen LogP contribution in [0.2, 0.25) is 0 Å². The Bertz CT molecular complexity index is 412. The summed E-state index contributed by atoms with van der Waals surface area (Å²) in [5.74, 6) is 0.905. The molecule has 4 nitrogen and oxygen atoms in total. The van der Waals surface area contributed by atoms with Gasteiger partial charge in [0.05, 0.1) is 0 Å². The molecule has 126 valence electrons. The number of guanidine groups is 1. The van der Waals surface area contributed by atoms with E-state index in [2.05, 4.69) is 54.4 Å². The van der Waals surface area contributed by atoms with Crippen molar-refractivity contribution in [3.05, 3.63) is 30.1 Å². The van der Waals surface area contributed by atoms with E-state index in [0.29, 0.717) is 5.41 Å². The topological polar surface area (TPSA) is 49.3 Å². The number of nitrogens with zero attached hydrogens (tertiary/aromatic N) is 2. The summed E-state index contributed by atoms with van der Waals surface area (Å²) in [6, 6.07) is 6.01. The van der Waals surface area contributed by atoms with Gasteiger partial charge in [0, 0.05) is 37.9 Å². The fourth-order valence-electron chi connectivity index (χ4n) is 2.00. The third-order valence-electron chi connectivity index (χ3n) is 3.10. The lowest BCUT2D eigenvalue weighted by molar-refractivity contribution is 0.368. The molecule has 5 heteroatoms. The number of nitrogens with one attached hydrogen (secondary N) is 2. The molecule has 22 heavy (non-hydrogen) atoms. The van der Waals surface area contributed by atoms with E-state index in [1.54, 1.807) is 0 Å². The first kappa shape index (κ1) is 21.1. The molecule has 0 fully saturated rings. The van der Waals surface area contributed by atoms with Crippen LogP contribution in [0.25, 0.3) is 0 Å². The molecule has 0 saturated carbocycles. The highest BCUT2D eigenvalue weighted by Gasteiger charge is 2.08. The Hall–Kier alpha value is -0.850. The van der Waals surface area contributed by atoms with Crippen LogP contribution in [0.4, 0.5) is 0 Å². The highest BCUT2D eigenvalue weighted by Crippen LogP contribution is 2.20. The Labute approximate surface area is 152 Å². The second-order valence-corrected chi connectivity index (χ2v) is 6.42. The number of hydrogen-bond donors (Lipinski definition) is 2. The smallest absolute Gasteiger partial charge is 0.191 e. The maximum Gasteiger partial charge on any atom is 0.191 e. The maximum atomic E-state index is 4.62. The molecule has 0 amide bonds. The average molecular weight is 418 g/mol. The van der Waals surface area contributed by atoms with E-state index in [9.17, 15) is 0 Å². The largest absolute Gasteiger partial charge is 0.357 e. The summed E-state index contributed by atoms with van der Waals surface area (Å²) in [5, 5.41) is 6.65. The summed E-state index contributed by atoms with van der Waals surface area (Å²) >= 11 is 0. The zero-order valence-corrected chi connectivity index (χ0v) is 16.7. The van der Waals surface area contributed by atoms with E-state index in [-0.39, 0.29) is 24.0 Å². The van der Waals surface area contributed by atoms with Gasteiger partial charge in [-0.2, -0.15) is 0 Å². The molecule has 0 unspecified atom stereocenters. The van der Waals surface area contributed by atoms with E-state index in [1.807, 2.05) is 18.3 Å². The molecule has 0 aliphatic rings. The van der Waals surface area contributed by atoms with Crippen molar-refractivity contribution in [3.63, 3.8) is 0 Å². The minimum atomic E-state index is 0. The Kier molecular flexibility index (Phi) is 11.2. The molecular weight excluding hydrogens is 387 g/mol. The molecule has 0 aliphatic carbocycles. The van der Waals surface area contributed by atoms with Gasteiger partial charge < -0.3 is 10.6 Å². The van der Waals surface area contributed by atoms with E-state index < -0.39 is 0 Å². The molecule has 1 heterocycles. The number of aliphatic imine (C=N–C) groups is 1. The molecule has 0 radical (unpaired) electrons. The van der Waals surface area contributed by atoms with Gasteiger partial charge in [0.15, 0.2) is 5.96 Å². The number of pyridine rings is 1. The first-order valence-corrected chi connectivity index (χ1v) is 7.93. The second-order valence-electron chi connectivity index (χ2n) is 6.42. The fraction of sp³-hybridized carbons (Fsp3) is 0.647. The van der Waals surface area contributed by atoms with E-state index in [0.717, 1.165) is 44.1 Å². The first-order valence-electron chi connectivity index (χ1n) is 7.93. The zero-order valence-electron chi connectivity index (χ0n) is 14.4. The summed E-state index contributed by atoms with van der Waals surface area (Å²) in [6.07, 6.45) is 5.07. The standard InChI is InChI=1S/C17H30N4.HI/c1-5-18-16(20-13-8-11-17(2,3)4)21-14-10-15-9-6-7-12-19-15;/h6-7,9,12H,5,8,10-11,13-14H2,1-4H3,(H2,18,20,21);1H. The van der Waals surface area contributed by atoms with Crippen molar-refractivity contribution < 1.29 is 0 Å². The van der Waals surface area contributed by atoms with Crippen LogP contribution in [0.1, 0.15) is 46.2 Å². The van der Waals surface area contributed by atoms with Gasteiger partial charge in [-0.25, -0.2) is 0 Å². The molecular formula is C17H31IN4. The van der Waals surface area contributed by atoms with E-state index in [1.165, 1.54) is 6.42 Å². The van der Waals surface area contributed by atoms with E-state index in [4.69, 9.17) is 0 Å². The Morgan fingerprint density at radius 3 is 2.59 bits per heavy atom. The average Bonchev–Trinajstić information content (AvgIpc) is 2.43. The van der Waals surface area contributed by atoms with Crippen LogP contribution in [0, 0.1) is 5.41 Å². The molecule has 0 aromatic carbocycles. The lowest BCUT2D eigenvalue weighted by Crippen LogP contribution is -2.38. The number of halogens is 1. The predicted molar refractivity (Wildman–Crippen MR) is 106 cm³/mol. The van der Waals surface area contributed by atoms with Gasteiger partial charge >= 0.3 is 0 Å². The zero-order chi connectivity index (χ0) is 15.6. The monoisotopic (exact) mass is 418 g/mol. The van der Waals surface area contributed by atoms with Crippen LogP contribution in [0.5, 0.6) is 0 Å². The molecule has 1 aromatic heterocycles. The summed E-state index contributed by atoms with van der Waals surface area (Å²) < 4.78 is 0. The quantitative estimate of drug-likeness (QED) is 0.308. The Morgan fingerprint density at radius 2 is 2.00 bits per heavy atom. The van der Waals surface area contributed by atoms with E-state index >= 15 is 0 Å². The molecule has 0 bridgehead atoms. The minimum absolute atomic E-state index is 0. The summed E-state index contributed by atoms with van der Waals surface area (Å²) in [5.41, 5.74) is 1.49. The number of hydrogen-bond acceptors (Lipinski definition) is 2. The highest BCUT2D eigenvalue weighted by atomic mass is 127. The number of rotatable bonds is 7.